The predicted octanol–water partition coefficient (Wildman–Crippen LogP) is 0.0854. The van der Waals surface area contributed by atoms with Gasteiger partial charge in [-0.15, -0.1) is 0 Å². The van der Waals surface area contributed by atoms with Crippen molar-refractivity contribution in [2.24, 2.45) is 0 Å². The summed E-state index contributed by atoms with van der Waals surface area (Å²) in [4.78, 5) is 0. The second kappa shape index (κ2) is 3.43. The number of nitrogens with one attached hydrogen (secondary N) is 1. The normalized spacial score (nSPS) is 22.3. The van der Waals surface area contributed by atoms with Crippen molar-refractivity contribution in [3.8, 4) is 0 Å². The zero-order chi connectivity index (χ0) is 10.2. The molecular formula is C6H10N4O2S2. The molecule has 0 spiro atoms. The van der Waals surface area contributed by atoms with E-state index in [9.17, 15) is 8.42 Å². The van der Waals surface area contributed by atoms with Crippen LogP contribution in [0.2, 0.25) is 0 Å². The van der Waals surface area contributed by atoms with Gasteiger partial charge in [-0.05, 0) is 25.1 Å². The zero-order valence-electron chi connectivity index (χ0n) is 7.38. The monoisotopic (exact) mass is 234 g/mol. The van der Waals surface area contributed by atoms with Gasteiger partial charge in [-0.2, -0.15) is 5.21 Å². The van der Waals surface area contributed by atoms with Gasteiger partial charge >= 0.3 is 0 Å². The molecule has 1 aliphatic heterocycles. The molecule has 1 fully saturated rings. The fourth-order valence-electron chi connectivity index (χ4n) is 1.58. The highest BCUT2D eigenvalue weighted by molar-refractivity contribution is 7.91. The van der Waals surface area contributed by atoms with Gasteiger partial charge < -0.3 is 0 Å². The lowest BCUT2D eigenvalue weighted by Crippen LogP contribution is -2.26. The van der Waals surface area contributed by atoms with Gasteiger partial charge in [-0.3, -0.25) is 0 Å². The summed E-state index contributed by atoms with van der Waals surface area (Å²) in [5.41, 5.74) is 0. The minimum Gasteiger partial charge on any atom is -0.239 e. The Balaban J connectivity index is 2.18. The smallest absolute Gasteiger partial charge is 0.238 e. The fraction of sp³-hybridized carbons (Fsp3) is 0.833. The Morgan fingerprint density at radius 2 is 2.07 bits per heavy atom. The highest BCUT2D eigenvalue weighted by Gasteiger charge is 2.25. The molecule has 0 aliphatic carbocycles. The van der Waals surface area contributed by atoms with Gasteiger partial charge in [-0.25, -0.2) is 13.1 Å². The third-order valence-corrected chi connectivity index (χ3v) is 4.38. The van der Waals surface area contributed by atoms with Gasteiger partial charge in [0.15, 0.2) is 0 Å². The number of aromatic amines is 1. The van der Waals surface area contributed by atoms with Crippen molar-refractivity contribution >= 4 is 22.1 Å². The van der Waals surface area contributed by atoms with Gasteiger partial charge in [0.25, 0.3) is 0 Å². The lowest BCUT2D eigenvalue weighted by atomic mass is 10.2. The van der Waals surface area contributed by atoms with E-state index in [0.29, 0.717) is 17.6 Å². The SMILES string of the molecule is O=S1(=O)CCC(n2[nH]nnc2=S)CC1. The van der Waals surface area contributed by atoms with Crippen molar-refractivity contribution in [1.29, 1.82) is 0 Å². The van der Waals surface area contributed by atoms with Crippen LogP contribution in [0.25, 0.3) is 0 Å². The molecule has 2 heterocycles. The van der Waals surface area contributed by atoms with Crippen molar-refractivity contribution < 1.29 is 8.42 Å². The van der Waals surface area contributed by atoms with Crippen LogP contribution >= 0.6 is 12.2 Å². The maximum atomic E-state index is 11.2. The highest BCUT2D eigenvalue weighted by Crippen LogP contribution is 2.22. The second-order valence-corrected chi connectivity index (χ2v) is 6.00. The average molecular weight is 234 g/mol. The standard InChI is InChI=1S/C6H10N4O2S2/c11-14(12)3-1-5(2-4-14)10-6(13)7-8-9-10/h5H,1-4H2,(H,7,9,13). The molecule has 1 N–H and O–H groups in total. The maximum absolute atomic E-state index is 11.2. The first-order chi connectivity index (χ1) is 6.58. The first-order valence-electron chi connectivity index (χ1n) is 4.28. The van der Waals surface area contributed by atoms with Crippen LogP contribution in [0.5, 0.6) is 0 Å². The van der Waals surface area contributed by atoms with E-state index in [0.717, 1.165) is 0 Å². The summed E-state index contributed by atoms with van der Waals surface area (Å²) in [6.07, 6.45) is 1.17. The van der Waals surface area contributed by atoms with E-state index in [2.05, 4.69) is 15.5 Å². The van der Waals surface area contributed by atoms with Crippen molar-refractivity contribution in [1.82, 2.24) is 20.2 Å². The Bertz CT molecular complexity index is 460. The van der Waals surface area contributed by atoms with Crippen LogP contribution in [0.1, 0.15) is 18.9 Å². The third kappa shape index (κ3) is 1.85. The Hall–Kier alpha value is -0.760. The third-order valence-electron chi connectivity index (χ3n) is 2.38. The molecule has 0 amide bonds. The minimum absolute atomic E-state index is 0.0982. The second-order valence-electron chi connectivity index (χ2n) is 3.34. The van der Waals surface area contributed by atoms with Crippen LogP contribution in [-0.4, -0.2) is 40.1 Å². The number of hydrogen-bond donors (Lipinski definition) is 1. The number of tetrazole rings is 1. The molecule has 1 saturated heterocycles. The van der Waals surface area contributed by atoms with Crippen LogP contribution in [0.4, 0.5) is 0 Å². The zero-order valence-corrected chi connectivity index (χ0v) is 9.01. The molecule has 1 aliphatic rings. The predicted molar refractivity (Wildman–Crippen MR) is 52.1 cm³/mol. The summed E-state index contributed by atoms with van der Waals surface area (Å²) in [5, 5.41) is 9.88. The molecule has 1 aromatic heterocycles. The molecule has 0 atom stereocenters. The lowest BCUT2D eigenvalue weighted by molar-refractivity contribution is 0.401. The van der Waals surface area contributed by atoms with Gasteiger partial charge in [0.2, 0.25) is 4.77 Å². The largest absolute Gasteiger partial charge is 0.239 e. The van der Waals surface area contributed by atoms with Gasteiger partial charge in [0.05, 0.1) is 17.5 Å². The van der Waals surface area contributed by atoms with Crippen molar-refractivity contribution in [2.75, 3.05) is 11.5 Å². The van der Waals surface area contributed by atoms with Gasteiger partial charge in [0.1, 0.15) is 9.84 Å². The Morgan fingerprint density at radius 1 is 1.43 bits per heavy atom. The summed E-state index contributed by atoms with van der Waals surface area (Å²) in [6, 6.07) is 0.0982. The Labute approximate surface area is 86.2 Å². The van der Waals surface area contributed by atoms with Crippen LogP contribution < -0.4 is 0 Å². The molecule has 0 aromatic carbocycles. The topological polar surface area (TPSA) is 80.6 Å². The average Bonchev–Trinajstić information content (AvgIpc) is 2.52. The number of rotatable bonds is 1. The molecule has 6 nitrogen and oxygen atoms in total. The quantitative estimate of drug-likeness (QED) is 0.696. The summed E-state index contributed by atoms with van der Waals surface area (Å²) < 4.78 is 24.4. The molecule has 78 valence electrons. The lowest BCUT2D eigenvalue weighted by Gasteiger charge is -2.21. The summed E-state index contributed by atoms with van der Waals surface area (Å²) >= 11 is 4.93. The van der Waals surface area contributed by atoms with E-state index in [-0.39, 0.29) is 17.5 Å². The first-order valence-corrected chi connectivity index (χ1v) is 6.51. The number of H-pyrrole nitrogens is 1. The molecule has 0 bridgehead atoms. The van der Waals surface area contributed by atoms with Crippen LogP contribution in [-0.2, 0) is 9.84 Å². The fourth-order valence-corrected chi connectivity index (χ4v) is 3.28. The molecule has 14 heavy (non-hydrogen) atoms. The van der Waals surface area contributed by atoms with Crippen molar-refractivity contribution in [3.63, 3.8) is 0 Å². The maximum Gasteiger partial charge on any atom is 0.238 e. The van der Waals surface area contributed by atoms with Gasteiger partial charge in [-0.1, -0.05) is 10.3 Å². The number of sulfone groups is 1. The van der Waals surface area contributed by atoms with Crippen molar-refractivity contribution in [3.05, 3.63) is 4.77 Å². The number of nitrogens with zero attached hydrogens (tertiary/aromatic N) is 3. The minimum atomic E-state index is -2.82. The molecule has 2 rings (SSSR count). The van der Waals surface area contributed by atoms with E-state index in [1.54, 1.807) is 4.68 Å². The van der Waals surface area contributed by atoms with E-state index in [4.69, 9.17) is 12.2 Å². The van der Waals surface area contributed by atoms with E-state index >= 15 is 0 Å². The summed E-state index contributed by atoms with van der Waals surface area (Å²) in [7, 11) is -2.82. The summed E-state index contributed by atoms with van der Waals surface area (Å²) in [5.74, 6) is 0.441. The highest BCUT2D eigenvalue weighted by atomic mass is 32.2. The molecule has 0 saturated carbocycles. The molecule has 0 unspecified atom stereocenters. The molecule has 1 aromatic rings. The van der Waals surface area contributed by atoms with Crippen molar-refractivity contribution in [2.45, 2.75) is 18.9 Å². The summed E-state index contributed by atoms with van der Waals surface area (Å²) in [6.45, 7) is 0. The molecular weight excluding hydrogens is 224 g/mol. The molecule has 0 radical (unpaired) electrons. The molecule has 8 heteroatoms. The number of aromatic nitrogens is 4. The van der Waals surface area contributed by atoms with E-state index < -0.39 is 9.84 Å². The Morgan fingerprint density at radius 3 is 2.57 bits per heavy atom. The van der Waals surface area contributed by atoms with Crippen LogP contribution in [0.15, 0.2) is 0 Å². The van der Waals surface area contributed by atoms with E-state index in [1.165, 1.54) is 0 Å². The Kier molecular flexibility index (Phi) is 2.40. The first kappa shape index (κ1) is 9.78. The number of hydrogen-bond acceptors (Lipinski definition) is 5. The van der Waals surface area contributed by atoms with Crippen LogP contribution in [0, 0.1) is 4.77 Å². The van der Waals surface area contributed by atoms with E-state index in [1.807, 2.05) is 0 Å². The van der Waals surface area contributed by atoms with Gasteiger partial charge in [0, 0.05) is 0 Å². The van der Waals surface area contributed by atoms with Crippen LogP contribution in [0.3, 0.4) is 0 Å².